The van der Waals surface area contributed by atoms with Gasteiger partial charge in [0.15, 0.2) is 0 Å². The second-order valence-corrected chi connectivity index (χ2v) is 6.43. The number of benzene rings is 2. The van der Waals surface area contributed by atoms with Crippen molar-refractivity contribution in [3.8, 4) is 0 Å². The van der Waals surface area contributed by atoms with Crippen molar-refractivity contribution in [3.05, 3.63) is 60.2 Å². The van der Waals surface area contributed by atoms with Crippen LogP contribution in [0.25, 0.3) is 0 Å². The van der Waals surface area contributed by atoms with E-state index in [4.69, 9.17) is 5.73 Å². The molecule has 2 aromatic carbocycles. The minimum atomic E-state index is 0.0526. The summed E-state index contributed by atoms with van der Waals surface area (Å²) in [4.78, 5) is 14.2. The molecule has 4 heteroatoms. The Hall–Kier alpha value is -1.78. The van der Waals surface area contributed by atoms with Crippen molar-refractivity contribution in [2.75, 3.05) is 0 Å². The fourth-order valence-corrected chi connectivity index (χ4v) is 2.97. The molecule has 2 aromatic rings. The van der Waals surface area contributed by atoms with Gasteiger partial charge in [0.1, 0.15) is 0 Å². The lowest BCUT2D eigenvalue weighted by Crippen LogP contribution is -2.25. The number of rotatable bonds is 7. The highest BCUT2D eigenvalue weighted by molar-refractivity contribution is 7.99. The molecule has 0 saturated carbocycles. The van der Waals surface area contributed by atoms with Crippen LogP contribution in [0.15, 0.2) is 64.4 Å². The largest absolute Gasteiger partial charge is 0.352 e. The lowest BCUT2D eigenvalue weighted by atomic mass is 10.2. The number of carbonyl (C=O) groups is 1. The summed E-state index contributed by atoms with van der Waals surface area (Å²) in [6.45, 7) is 2.47. The first kappa shape index (κ1) is 16.6. The van der Waals surface area contributed by atoms with E-state index in [-0.39, 0.29) is 11.9 Å². The van der Waals surface area contributed by atoms with E-state index in [1.165, 1.54) is 9.79 Å². The second kappa shape index (κ2) is 8.61. The van der Waals surface area contributed by atoms with E-state index in [0.717, 1.165) is 5.56 Å². The van der Waals surface area contributed by atoms with Crippen molar-refractivity contribution >= 4 is 17.7 Å². The normalized spacial score (nSPS) is 11.9. The molecular weight excluding hydrogens is 292 g/mol. The molecule has 0 aliphatic carbocycles. The Kier molecular flexibility index (Phi) is 6.49. The van der Waals surface area contributed by atoms with Crippen molar-refractivity contribution in [1.82, 2.24) is 5.32 Å². The van der Waals surface area contributed by atoms with Gasteiger partial charge < -0.3 is 11.1 Å². The smallest absolute Gasteiger partial charge is 0.220 e. The third-order valence-corrected chi connectivity index (χ3v) is 4.37. The van der Waals surface area contributed by atoms with Crippen LogP contribution in [0.3, 0.4) is 0 Å². The predicted octanol–water partition coefficient (Wildman–Crippen LogP) is 3.58. The van der Waals surface area contributed by atoms with Gasteiger partial charge in [0.05, 0.1) is 0 Å². The Morgan fingerprint density at radius 3 is 2.55 bits per heavy atom. The van der Waals surface area contributed by atoms with Gasteiger partial charge in [-0.25, -0.2) is 0 Å². The van der Waals surface area contributed by atoms with Crippen molar-refractivity contribution in [3.63, 3.8) is 0 Å². The van der Waals surface area contributed by atoms with E-state index in [1.54, 1.807) is 11.8 Å². The Labute approximate surface area is 136 Å². The lowest BCUT2D eigenvalue weighted by molar-refractivity contribution is -0.121. The van der Waals surface area contributed by atoms with Crippen molar-refractivity contribution < 1.29 is 4.79 Å². The van der Waals surface area contributed by atoms with Crippen molar-refractivity contribution in [2.45, 2.75) is 42.1 Å². The molecule has 0 heterocycles. The highest BCUT2D eigenvalue weighted by atomic mass is 32.2. The SMILES string of the molecule is CC(N)CCC(=O)NCc1ccccc1Sc1ccccc1. The third kappa shape index (κ3) is 5.54. The topological polar surface area (TPSA) is 55.1 Å². The Morgan fingerprint density at radius 2 is 1.82 bits per heavy atom. The summed E-state index contributed by atoms with van der Waals surface area (Å²) in [5, 5.41) is 2.97. The van der Waals surface area contributed by atoms with Gasteiger partial charge in [-0.3, -0.25) is 4.79 Å². The fourth-order valence-electron chi connectivity index (χ4n) is 2.01. The summed E-state index contributed by atoms with van der Waals surface area (Å²) >= 11 is 1.71. The van der Waals surface area contributed by atoms with E-state index < -0.39 is 0 Å². The lowest BCUT2D eigenvalue weighted by Gasteiger charge is -2.11. The van der Waals surface area contributed by atoms with Crippen LogP contribution in [0.2, 0.25) is 0 Å². The van der Waals surface area contributed by atoms with Gasteiger partial charge >= 0.3 is 0 Å². The second-order valence-electron chi connectivity index (χ2n) is 5.32. The Bertz CT molecular complexity index is 599. The van der Waals surface area contributed by atoms with E-state index in [0.29, 0.717) is 19.4 Å². The van der Waals surface area contributed by atoms with Crippen molar-refractivity contribution in [2.24, 2.45) is 5.73 Å². The first-order valence-corrected chi connectivity index (χ1v) is 8.30. The molecule has 0 radical (unpaired) electrons. The number of amides is 1. The fraction of sp³-hybridized carbons (Fsp3) is 0.278. The van der Waals surface area contributed by atoms with Gasteiger partial charge in [-0.2, -0.15) is 0 Å². The quantitative estimate of drug-likeness (QED) is 0.821. The molecule has 0 aliphatic rings. The molecular formula is C18H22N2OS. The number of hydrogen-bond acceptors (Lipinski definition) is 3. The highest BCUT2D eigenvalue weighted by Gasteiger charge is 2.07. The summed E-state index contributed by atoms with van der Waals surface area (Å²) in [7, 11) is 0. The van der Waals surface area contributed by atoms with Crippen LogP contribution >= 0.6 is 11.8 Å². The molecule has 3 N–H and O–H groups in total. The maximum atomic E-state index is 11.8. The minimum Gasteiger partial charge on any atom is -0.352 e. The number of hydrogen-bond donors (Lipinski definition) is 2. The molecule has 3 nitrogen and oxygen atoms in total. The minimum absolute atomic E-state index is 0.0526. The molecule has 0 aliphatic heterocycles. The van der Waals surface area contributed by atoms with Crippen LogP contribution in [-0.4, -0.2) is 11.9 Å². The molecule has 1 unspecified atom stereocenters. The van der Waals surface area contributed by atoms with Crippen LogP contribution in [0.4, 0.5) is 0 Å². The average Bonchev–Trinajstić information content (AvgIpc) is 2.53. The molecule has 1 amide bonds. The molecule has 1 atom stereocenters. The summed E-state index contributed by atoms with van der Waals surface area (Å²) in [5.41, 5.74) is 6.80. The van der Waals surface area contributed by atoms with E-state index in [9.17, 15) is 4.79 Å². The number of nitrogens with one attached hydrogen (secondary N) is 1. The zero-order chi connectivity index (χ0) is 15.8. The first-order valence-electron chi connectivity index (χ1n) is 7.48. The third-order valence-electron chi connectivity index (χ3n) is 3.25. The molecule has 22 heavy (non-hydrogen) atoms. The number of carbonyl (C=O) groups excluding carboxylic acids is 1. The molecule has 0 bridgehead atoms. The summed E-state index contributed by atoms with van der Waals surface area (Å²) in [5.74, 6) is 0.0526. The monoisotopic (exact) mass is 314 g/mol. The Morgan fingerprint density at radius 1 is 1.14 bits per heavy atom. The maximum absolute atomic E-state index is 11.8. The predicted molar refractivity (Wildman–Crippen MR) is 91.7 cm³/mol. The van der Waals surface area contributed by atoms with Gasteiger partial charge in [0.2, 0.25) is 5.91 Å². The van der Waals surface area contributed by atoms with Gasteiger partial charge in [0, 0.05) is 28.8 Å². The van der Waals surface area contributed by atoms with Gasteiger partial charge in [-0.05, 0) is 37.1 Å². The van der Waals surface area contributed by atoms with Gasteiger partial charge in [-0.1, -0.05) is 48.2 Å². The zero-order valence-electron chi connectivity index (χ0n) is 12.8. The van der Waals surface area contributed by atoms with Gasteiger partial charge in [0.25, 0.3) is 0 Å². The first-order chi connectivity index (χ1) is 10.6. The molecule has 2 rings (SSSR count). The summed E-state index contributed by atoms with van der Waals surface area (Å²) in [6.07, 6.45) is 1.19. The molecule has 0 spiro atoms. The molecule has 116 valence electrons. The van der Waals surface area contributed by atoms with Crippen LogP contribution in [0.5, 0.6) is 0 Å². The van der Waals surface area contributed by atoms with E-state index >= 15 is 0 Å². The van der Waals surface area contributed by atoms with E-state index in [2.05, 4.69) is 29.6 Å². The molecule has 0 aromatic heterocycles. The zero-order valence-corrected chi connectivity index (χ0v) is 13.6. The van der Waals surface area contributed by atoms with E-state index in [1.807, 2.05) is 37.3 Å². The van der Waals surface area contributed by atoms with Crippen molar-refractivity contribution in [1.29, 1.82) is 0 Å². The molecule has 0 saturated heterocycles. The van der Waals surface area contributed by atoms with Crippen LogP contribution in [0.1, 0.15) is 25.3 Å². The van der Waals surface area contributed by atoms with Crippen LogP contribution in [-0.2, 0) is 11.3 Å². The number of nitrogens with two attached hydrogens (primary N) is 1. The van der Waals surface area contributed by atoms with Crippen LogP contribution < -0.4 is 11.1 Å². The van der Waals surface area contributed by atoms with Crippen LogP contribution in [0, 0.1) is 0 Å². The standard InChI is InChI=1S/C18H22N2OS/c1-14(19)11-12-18(21)20-13-15-7-5-6-10-17(15)22-16-8-3-2-4-9-16/h2-10,14H,11-13,19H2,1H3,(H,20,21). The maximum Gasteiger partial charge on any atom is 0.220 e. The summed E-state index contributed by atoms with van der Waals surface area (Å²) < 4.78 is 0. The highest BCUT2D eigenvalue weighted by Crippen LogP contribution is 2.30. The average molecular weight is 314 g/mol. The van der Waals surface area contributed by atoms with Gasteiger partial charge in [-0.15, -0.1) is 0 Å². The molecule has 0 fully saturated rings. The summed E-state index contributed by atoms with van der Waals surface area (Å²) in [6, 6.07) is 18.5. The Balaban J connectivity index is 1.95.